The first kappa shape index (κ1) is 12.8. The van der Waals surface area contributed by atoms with Gasteiger partial charge in [0.1, 0.15) is 19.0 Å². The fourth-order valence-corrected chi connectivity index (χ4v) is 2.12. The molecule has 104 valence electrons. The Labute approximate surface area is 116 Å². The zero-order chi connectivity index (χ0) is 14.1. The number of benzene rings is 1. The van der Waals surface area contributed by atoms with Crippen molar-refractivity contribution in [1.82, 2.24) is 19.7 Å². The van der Waals surface area contributed by atoms with Crippen LogP contribution in [0.25, 0.3) is 11.0 Å². The van der Waals surface area contributed by atoms with E-state index in [0.717, 1.165) is 11.0 Å². The number of rotatable bonds is 4. The summed E-state index contributed by atoms with van der Waals surface area (Å²) < 4.78 is 7.15. The van der Waals surface area contributed by atoms with Crippen molar-refractivity contribution in [1.29, 1.82) is 0 Å². The van der Waals surface area contributed by atoms with Crippen LogP contribution in [0.4, 0.5) is 0 Å². The molecule has 0 saturated carbocycles. The molecule has 0 saturated heterocycles. The summed E-state index contributed by atoms with van der Waals surface area (Å²) in [6.45, 7) is 4.32. The quantitative estimate of drug-likeness (QED) is 0.786. The van der Waals surface area contributed by atoms with Crippen LogP contribution >= 0.6 is 0 Å². The molecule has 6 nitrogen and oxygen atoms in total. The Morgan fingerprint density at radius 1 is 1.25 bits per heavy atom. The molecule has 0 fully saturated rings. The van der Waals surface area contributed by atoms with E-state index < -0.39 is 0 Å². The van der Waals surface area contributed by atoms with Gasteiger partial charge in [-0.25, -0.2) is 4.98 Å². The number of aliphatic hydroxyl groups excluding tert-OH is 1. The van der Waals surface area contributed by atoms with Gasteiger partial charge in [-0.3, -0.25) is 0 Å². The lowest BCUT2D eigenvalue weighted by Gasteiger charge is -2.03. The highest BCUT2D eigenvalue weighted by Crippen LogP contribution is 2.18. The Morgan fingerprint density at radius 3 is 2.75 bits per heavy atom. The van der Waals surface area contributed by atoms with Crippen molar-refractivity contribution in [2.75, 3.05) is 0 Å². The number of imidazole rings is 1. The summed E-state index contributed by atoms with van der Waals surface area (Å²) >= 11 is 0. The van der Waals surface area contributed by atoms with Gasteiger partial charge in [0.2, 0.25) is 5.89 Å². The number of hydrogen-bond acceptors (Lipinski definition) is 5. The molecule has 6 heteroatoms. The predicted molar refractivity (Wildman–Crippen MR) is 73.1 cm³/mol. The average Bonchev–Trinajstić information content (AvgIpc) is 3.04. The van der Waals surface area contributed by atoms with Crippen molar-refractivity contribution in [3.05, 3.63) is 41.8 Å². The molecule has 0 aliphatic rings. The summed E-state index contributed by atoms with van der Waals surface area (Å²) in [5.74, 6) is 2.03. The number of fused-ring (bicyclic) bond motifs is 1. The van der Waals surface area contributed by atoms with Crippen molar-refractivity contribution in [3.8, 4) is 0 Å². The normalized spacial score (nSPS) is 11.6. The highest BCUT2D eigenvalue weighted by molar-refractivity contribution is 5.75. The van der Waals surface area contributed by atoms with Crippen molar-refractivity contribution < 1.29 is 9.63 Å². The maximum absolute atomic E-state index is 9.44. The minimum atomic E-state index is -0.125. The van der Waals surface area contributed by atoms with Crippen LogP contribution in [0.2, 0.25) is 0 Å². The maximum Gasteiger partial charge on any atom is 0.246 e. The van der Waals surface area contributed by atoms with Crippen LogP contribution in [0.5, 0.6) is 0 Å². The maximum atomic E-state index is 9.44. The van der Waals surface area contributed by atoms with Gasteiger partial charge in [-0.2, -0.15) is 4.98 Å². The Bertz CT molecular complexity index is 730. The minimum Gasteiger partial charge on any atom is -0.388 e. The van der Waals surface area contributed by atoms with E-state index in [2.05, 4.69) is 15.1 Å². The van der Waals surface area contributed by atoms with Gasteiger partial charge in [0.05, 0.1) is 11.0 Å². The Kier molecular flexibility index (Phi) is 3.23. The van der Waals surface area contributed by atoms with Gasteiger partial charge in [0, 0.05) is 5.92 Å². The summed E-state index contributed by atoms with van der Waals surface area (Å²) in [4.78, 5) is 8.75. The number of aromatic nitrogens is 4. The van der Waals surface area contributed by atoms with E-state index in [9.17, 15) is 5.11 Å². The number of para-hydroxylation sites is 2. The summed E-state index contributed by atoms with van der Waals surface area (Å²) in [7, 11) is 0. The largest absolute Gasteiger partial charge is 0.388 e. The topological polar surface area (TPSA) is 77.0 Å². The van der Waals surface area contributed by atoms with E-state index in [1.54, 1.807) is 0 Å². The van der Waals surface area contributed by atoms with E-state index in [1.165, 1.54) is 0 Å². The predicted octanol–water partition coefficient (Wildman–Crippen LogP) is 2.08. The number of hydrogen-bond donors (Lipinski definition) is 1. The van der Waals surface area contributed by atoms with Crippen LogP contribution in [-0.2, 0) is 13.2 Å². The number of aliphatic hydroxyl groups is 1. The van der Waals surface area contributed by atoms with Gasteiger partial charge in [-0.15, -0.1) is 0 Å². The zero-order valence-electron chi connectivity index (χ0n) is 11.4. The molecule has 20 heavy (non-hydrogen) atoms. The van der Waals surface area contributed by atoms with Crippen LogP contribution in [0, 0.1) is 0 Å². The van der Waals surface area contributed by atoms with Crippen LogP contribution in [0.1, 0.15) is 37.3 Å². The second kappa shape index (κ2) is 5.05. The lowest BCUT2D eigenvalue weighted by molar-refractivity contribution is 0.264. The third-order valence-electron chi connectivity index (χ3n) is 3.17. The molecular formula is C14H16N4O2. The van der Waals surface area contributed by atoms with Gasteiger partial charge in [-0.05, 0) is 12.1 Å². The first-order chi connectivity index (χ1) is 9.69. The standard InChI is InChI=1S/C14H16N4O2/c1-9(2)14-16-13(20-17-14)7-18-11-6-4-3-5-10(11)15-12(18)8-19/h3-6,9,19H,7-8H2,1-2H3. The molecule has 2 aromatic heterocycles. The molecular weight excluding hydrogens is 256 g/mol. The monoisotopic (exact) mass is 272 g/mol. The molecule has 0 atom stereocenters. The Balaban J connectivity index is 2.00. The lowest BCUT2D eigenvalue weighted by Crippen LogP contribution is -2.05. The molecule has 0 amide bonds. The van der Waals surface area contributed by atoms with Crippen LogP contribution in [0.3, 0.4) is 0 Å². The summed E-state index contributed by atoms with van der Waals surface area (Å²) in [6, 6.07) is 7.74. The molecule has 0 spiro atoms. The molecule has 3 aromatic rings. The van der Waals surface area contributed by atoms with Crippen molar-refractivity contribution in [3.63, 3.8) is 0 Å². The van der Waals surface area contributed by atoms with Crippen molar-refractivity contribution in [2.24, 2.45) is 0 Å². The van der Waals surface area contributed by atoms with Crippen molar-refractivity contribution in [2.45, 2.75) is 32.9 Å². The molecule has 0 unspecified atom stereocenters. The third kappa shape index (κ3) is 2.18. The van der Waals surface area contributed by atoms with Crippen molar-refractivity contribution >= 4 is 11.0 Å². The molecule has 0 bridgehead atoms. The fourth-order valence-electron chi connectivity index (χ4n) is 2.12. The molecule has 2 heterocycles. The van der Waals surface area contributed by atoms with Gasteiger partial charge in [0.15, 0.2) is 5.82 Å². The fraction of sp³-hybridized carbons (Fsp3) is 0.357. The van der Waals surface area contributed by atoms with E-state index >= 15 is 0 Å². The molecule has 3 rings (SSSR count). The second-order valence-corrected chi connectivity index (χ2v) is 4.96. The minimum absolute atomic E-state index is 0.125. The van der Waals surface area contributed by atoms with Crippen LogP contribution < -0.4 is 0 Å². The first-order valence-corrected chi connectivity index (χ1v) is 6.56. The molecule has 0 aliphatic carbocycles. The van der Waals surface area contributed by atoms with Gasteiger partial charge in [0.25, 0.3) is 0 Å². The van der Waals surface area contributed by atoms with Crippen LogP contribution in [0.15, 0.2) is 28.8 Å². The Hall–Kier alpha value is -2.21. The molecule has 0 radical (unpaired) electrons. The summed E-state index contributed by atoms with van der Waals surface area (Å²) in [6.07, 6.45) is 0. The van der Waals surface area contributed by atoms with Gasteiger partial charge >= 0.3 is 0 Å². The molecule has 0 aliphatic heterocycles. The zero-order valence-corrected chi connectivity index (χ0v) is 11.4. The van der Waals surface area contributed by atoms with E-state index in [-0.39, 0.29) is 12.5 Å². The number of nitrogens with zero attached hydrogens (tertiary/aromatic N) is 4. The second-order valence-electron chi connectivity index (χ2n) is 4.96. The lowest BCUT2D eigenvalue weighted by atomic mass is 10.2. The first-order valence-electron chi connectivity index (χ1n) is 6.56. The van der Waals surface area contributed by atoms with Crippen LogP contribution in [-0.4, -0.2) is 24.8 Å². The summed E-state index contributed by atoms with van der Waals surface area (Å²) in [5.41, 5.74) is 1.79. The van der Waals surface area contributed by atoms with E-state index in [0.29, 0.717) is 24.1 Å². The van der Waals surface area contributed by atoms with Gasteiger partial charge in [-0.1, -0.05) is 31.1 Å². The molecule has 1 aromatic carbocycles. The SMILES string of the molecule is CC(C)c1noc(Cn2c(CO)nc3ccccc32)n1. The summed E-state index contributed by atoms with van der Waals surface area (Å²) in [5, 5.41) is 13.4. The van der Waals surface area contributed by atoms with E-state index in [1.807, 2.05) is 42.7 Å². The van der Waals surface area contributed by atoms with E-state index in [4.69, 9.17) is 4.52 Å². The molecule has 1 N–H and O–H groups in total. The highest BCUT2D eigenvalue weighted by Gasteiger charge is 2.14. The average molecular weight is 272 g/mol. The smallest absolute Gasteiger partial charge is 0.246 e. The highest BCUT2D eigenvalue weighted by atomic mass is 16.5. The van der Waals surface area contributed by atoms with Gasteiger partial charge < -0.3 is 14.2 Å². The Morgan fingerprint density at radius 2 is 2.05 bits per heavy atom. The third-order valence-corrected chi connectivity index (χ3v) is 3.17.